The molecular weight excluding hydrogens is 444 g/mol. The molecule has 0 saturated heterocycles. The van der Waals surface area contributed by atoms with Gasteiger partial charge in [-0.05, 0) is 49.2 Å². The molecule has 0 unspecified atom stereocenters. The molecule has 1 heterocycles. The molecular formula is C25H29ClN2O5. The molecule has 7 nitrogen and oxygen atoms in total. The summed E-state index contributed by atoms with van der Waals surface area (Å²) in [7, 11) is 4.71. The van der Waals surface area contributed by atoms with Crippen molar-refractivity contribution in [1.82, 2.24) is 9.88 Å². The minimum Gasteiger partial charge on any atom is -0.493 e. The van der Waals surface area contributed by atoms with Crippen LogP contribution in [0.1, 0.15) is 38.4 Å². The second kappa shape index (κ2) is 10.6. The molecule has 0 aliphatic rings. The predicted octanol–water partition coefficient (Wildman–Crippen LogP) is 4.82. The fourth-order valence-electron chi connectivity index (χ4n) is 4.03. The molecule has 33 heavy (non-hydrogen) atoms. The Labute approximate surface area is 198 Å². The van der Waals surface area contributed by atoms with Crippen LogP contribution < -0.4 is 19.5 Å². The summed E-state index contributed by atoms with van der Waals surface area (Å²) in [4.78, 5) is 12.1. The number of rotatable bonds is 10. The average Bonchev–Trinajstić information content (AvgIpc) is 3.04. The number of hydrogen-bond acceptors (Lipinski definition) is 5. The Morgan fingerprint density at radius 3 is 2.06 bits per heavy atom. The van der Waals surface area contributed by atoms with E-state index < -0.39 is 5.97 Å². The normalized spacial score (nSPS) is 10.8. The number of nitrogens with one attached hydrogen (secondary N) is 1. The maximum Gasteiger partial charge on any atom is 0.337 e. The zero-order chi connectivity index (χ0) is 24.1. The highest BCUT2D eigenvalue weighted by Crippen LogP contribution is 2.38. The molecule has 0 spiro atoms. The second-order valence-electron chi connectivity index (χ2n) is 7.68. The van der Waals surface area contributed by atoms with Gasteiger partial charge in [-0.25, -0.2) is 4.79 Å². The molecule has 3 aromatic rings. The third-order valence-corrected chi connectivity index (χ3v) is 5.99. The van der Waals surface area contributed by atoms with Gasteiger partial charge in [0.05, 0.1) is 26.9 Å². The van der Waals surface area contributed by atoms with Gasteiger partial charge in [-0.3, -0.25) is 0 Å². The number of carbonyl (C=O) groups is 1. The number of carboxylic acids is 1. The number of nitrogens with zero attached hydrogens (tertiary/aromatic N) is 1. The van der Waals surface area contributed by atoms with Crippen molar-refractivity contribution in [3.05, 3.63) is 75.1 Å². The lowest BCUT2D eigenvalue weighted by Crippen LogP contribution is -2.16. The van der Waals surface area contributed by atoms with Crippen LogP contribution in [0.4, 0.5) is 0 Å². The molecule has 2 N–H and O–H groups in total. The molecule has 0 aliphatic carbocycles. The monoisotopic (exact) mass is 472 g/mol. The van der Waals surface area contributed by atoms with Crippen molar-refractivity contribution in [2.45, 2.75) is 33.5 Å². The first-order valence-electron chi connectivity index (χ1n) is 10.5. The summed E-state index contributed by atoms with van der Waals surface area (Å²) >= 11 is 6.00. The van der Waals surface area contributed by atoms with Crippen LogP contribution in [0.2, 0.25) is 5.02 Å². The summed E-state index contributed by atoms with van der Waals surface area (Å²) in [6, 6.07) is 11.3. The number of carboxylic acid groups (broad SMARTS) is 1. The second-order valence-corrected chi connectivity index (χ2v) is 8.12. The minimum atomic E-state index is -0.935. The number of benzene rings is 2. The number of hydrogen-bond donors (Lipinski definition) is 2. The fourth-order valence-corrected chi connectivity index (χ4v) is 4.15. The highest BCUT2D eigenvalue weighted by atomic mass is 35.5. The van der Waals surface area contributed by atoms with Crippen molar-refractivity contribution in [3.63, 3.8) is 0 Å². The smallest absolute Gasteiger partial charge is 0.337 e. The van der Waals surface area contributed by atoms with Gasteiger partial charge in [-0.15, -0.1) is 0 Å². The van der Waals surface area contributed by atoms with Crippen molar-refractivity contribution >= 4 is 17.6 Å². The van der Waals surface area contributed by atoms with E-state index in [4.69, 9.17) is 25.8 Å². The lowest BCUT2D eigenvalue weighted by Gasteiger charge is -2.14. The molecule has 0 atom stereocenters. The van der Waals surface area contributed by atoms with Gasteiger partial charge in [0.15, 0.2) is 11.5 Å². The first-order chi connectivity index (χ1) is 15.8. The van der Waals surface area contributed by atoms with Crippen LogP contribution in [0.15, 0.2) is 36.4 Å². The number of halogens is 1. The molecule has 0 bridgehead atoms. The van der Waals surface area contributed by atoms with E-state index in [0.717, 1.165) is 28.1 Å². The third kappa shape index (κ3) is 5.26. The first kappa shape index (κ1) is 24.5. The van der Waals surface area contributed by atoms with E-state index in [1.165, 1.54) is 0 Å². The maximum atomic E-state index is 12.1. The molecule has 0 radical (unpaired) electrons. The summed E-state index contributed by atoms with van der Waals surface area (Å²) in [5.74, 6) is 0.736. The Balaban J connectivity index is 1.84. The van der Waals surface area contributed by atoms with E-state index >= 15 is 0 Å². The summed E-state index contributed by atoms with van der Waals surface area (Å²) in [6.45, 7) is 5.26. The van der Waals surface area contributed by atoms with Gasteiger partial charge in [0, 0.05) is 41.6 Å². The van der Waals surface area contributed by atoms with Crippen molar-refractivity contribution in [2.24, 2.45) is 0 Å². The lowest BCUT2D eigenvalue weighted by molar-refractivity contribution is 0.0694. The summed E-state index contributed by atoms with van der Waals surface area (Å²) in [5, 5.41) is 13.9. The highest BCUT2D eigenvalue weighted by molar-refractivity contribution is 6.30. The van der Waals surface area contributed by atoms with Crippen molar-refractivity contribution in [1.29, 1.82) is 0 Å². The fraction of sp³-hybridized carbons (Fsp3) is 0.320. The van der Waals surface area contributed by atoms with E-state index in [-0.39, 0.29) is 0 Å². The molecule has 0 amide bonds. The maximum absolute atomic E-state index is 12.1. The van der Waals surface area contributed by atoms with Crippen LogP contribution in [0, 0.1) is 13.8 Å². The van der Waals surface area contributed by atoms with E-state index in [2.05, 4.69) is 5.32 Å². The number of ether oxygens (including phenoxy) is 3. The molecule has 3 rings (SSSR count). The third-order valence-electron chi connectivity index (χ3n) is 5.73. The molecule has 8 heteroatoms. The Bertz CT molecular complexity index is 1110. The van der Waals surface area contributed by atoms with Crippen LogP contribution in [-0.4, -0.2) is 37.0 Å². The van der Waals surface area contributed by atoms with Crippen LogP contribution in [0.25, 0.3) is 0 Å². The zero-order valence-corrected chi connectivity index (χ0v) is 20.2. The minimum absolute atomic E-state index is 0.332. The molecule has 0 fully saturated rings. The van der Waals surface area contributed by atoms with Gasteiger partial charge < -0.3 is 29.2 Å². The molecule has 1 aromatic heterocycles. The van der Waals surface area contributed by atoms with Crippen molar-refractivity contribution in [2.75, 3.05) is 21.3 Å². The Kier molecular flexibility index (Phi) is 7.89. The summed E-state index contributed by atoms with van der Waals surface area (Å²) in [6.07, 6.45) is 0. The van der Waals surface area contributed by atoms with Gasteiger partial charge >= 0.3 is 5.97 Å². The lowest BCUT2D eigenvalue weighted by atomic mass is 10.1. The van der Waals surface area contributed by atoms with Gasteiger partial charge in [-0.2, -0.15) is 0 Å². The van der Waals surface area contributed by atoms with E-state index in [0.29, 0.717) is 47.5 Å². The summed E-state index contributed by atoms with van der Waals surface area (Å²) in [5.41, 5.74) is 4.71. The quantitative estimate of drug-likeness (QED) is 0.440. The average molecular weight is 473 g/mol. The molecule has 0 saturated carbocycles. The van der Waals surface area contributed by atoms with Crippen molar-refractivity contribution in [3.8, 4) is 17.2 Å². The Morgan fingerprint density at radius 1 is 0.939 bits per heavy atom. The van der Waals surface area contributed by atoms with Gasteiger partial charge in [0.1, 0.15) is 0 Å². The first-order valence-corrected chi connectivity index (χ1v) is 10.8. The molecule has 2 aromatic carbocycles. The summed E-state index contributed by atoms with van der Waals surface area (Å²) < 4.78 is 18.2. The van der Waals surface area contributed by atoms with Gasteiger partial charge in [0.25, 0.3) is 0 Å². The van der Waals surface area contributed by atoms with Gasteiger partial charge in [-0.1, -0.05) is 23.7 Å². The van der Waals surface area contributed by atoms with Crippen LogP contribution in [0.3, 0.4) is 0 Å². The van der Waals surface area contributed by atoms with Crippen molar-refractivity contribution < 1.29 is 24.1 Å². The highest BCUT2D eigenvalue weighted by Gasteiger charge is 2.22. The van der Waals surface area contributed by atoms with E-state index in [1.807, 2.05) is 54.8 Å². The molecule has 176 valence electrons. The topological polar surface area (TPSA) is 82.0 Å². The van der Waals surface area contributed by atoms with Crippen LogP contribution in [-0.2, 0) is 19.6 Å². The Hall–Kier alpha value is -3.16. The number of aromatic nitrogens is 1. The Morgan fingerprint density at radius 2 is 1.55 bits per heavy atom. The SMILES string of the molecule is COc1cc(CNCc2c(C(=O)O)c(C)n(Cc3ccc(Cl)cc3)c2C)cc(OC)c1OC. The van der Waals surface area contributed by atoms with E-state index in [9.17, 15) is 9.90 Å². The number of aromatic carboxylic acids is 1. The zero-order valence-electron chi connectivity index (χ0n) is 19.5. The van der Waals surface area contributed by atoms with Crippen LogP contribution in [0.5, 0.6) is 17.2 Å². The van der Waals surface area contributed by atoms with E-state index in [1.54, 1.807) is 21.3 Å². The van der Waals surface area contributed by atoms with Crippen LogP contribution >= 0.6 is 11.6 Å². The standard InChI is InChI=1S/C25H29ClN2O5/c1-15-20(13-27-12-18-10-21(31-3)24(33-5)22(11-18)32-4)23(25(29)30)16(2)28(15)14-17-6-8-19(26)9-7-17/h6-11,27H,12-14H2,1-5H3,(H,29,30). The van der Waals surface area contributed by atoms with Gasteiger partial charge in [0.2, 0.25) is 5.75 Å². The number of methoxy groups -OCH3 is 3. The predicted molar refractivity (Wildman–Crippen MR) is 128 cm³/mol. The molecule has 0 aliphatic heterocycles. The largest absolute Gasteiger partial charge is 0.493 e.